The van der Waals surface area contributed by atoms with Crippen LogP contribution >= 0.6 is 0 Å². The molecule has 0 radical (unpaired) electrons. The molecule has 2 heterocycles. The molecule has 2 amide bonds. The maximum atomic E-state index is 12.4. The number of anilines is 1. The molecule has 0 atom stereocenters. The Bertz CT molecular complexity index is 1240. The monoisotopic (exact) mass is 424 g/mol. The van der Waals surface area contributed by atoms with E-state index in [0.717, 1.165) is 0 Å². The Labute approximate surface area is 174 Å². The summed E-state index contributed by atoms with van der Waals surface area (Å²) in [5.74, 6) is -2.69. The fraction of sp³-hybridized carbons (Fsp3) is 0.211. The van der Waals surface area contributed by atoms with Crippen molar-refractivity contribution in [3.63, 3.8) is 0 Å². The molecule has 1 saturated heterocycles. The maximum Gasteiger partial charge on any atom is 0.340 e. The van der Waals surface area contributed by atoms with Crippen LogP contribution in [-0.2, 0) is 25.6 Å². The van der Waals surface area contributed by atoms with E-state index in [1.165, 1.54) is 6.07 Å². The summed E-state index contributed by atoms with van der Waals surface area (Å²) in [5, 5.41) is 20.7. The zero-order chi connectivity index (χ0) is 22.7. The van der Waals surface area contributed by atoms with E-state index in [2.05, 4.69) is 10.5 Å². The Hall–Kier alpha value is -4.53. The Morgan fingerprint density at radius 1 is 1.35 bits per heavy atom. The molecular formula is C19H16N6O6. The topological polar surface area (TPSA) is 192 Å². The summed E-state index contributed by atoms with van der Waals surface area (Å²) in [4.78, 5) is 52.5. The van der Waals surface area contributed by atoms with Crippen molar-refractivity contribution >= 4 is 46.0 Å². The zero-order valence-corrected chi connectivity index (χ0v) is 16.2. The summed E-state index contributed by atoms with van der Waals surface area (Å²) >= 11 is 0. The lowest BCUT2D eigenvalue weighted by molar-refractivity contribution is -0.197. The summed E-state index contributed by atoms with van der Waals surface area (Å²) in [5.41, 5.74) is 7.69. The fourth-order valence-electron chi connectivity index (χ4n) is 2.87. The van der Waals surface area contributed by atoms with E-state index in [1.54, 1.807) is 25.1 Å². The van der Waals surface area contributed by atoms with Crippen molar-refractivity contribution in [1.82, 2.24) is 5.06 Å². The number of carbonyl (C=O) groups excluding carboxylic acids is 3. The highest BCUT2D eigenvalue weighted by atomic mass is 16.7. The molecule has 12 heteroatoms. The van der Waals surface area contributed by atoms with Crippen LogP contribution in [-0.4, -0.2) is 34.4 Å². The Morgan fingerprint density at radius 3 is 2.65 bits per heavy atom. The average Bonchev–Trinajstić information content (AvgIpc) is 3.03. The van der Waals surface area contributed by atoms with E-state index in [-0.39, 0.29) is 29.7 Å². The number of nitrogens with zero attached hydrogens (tertiary/aromatic N) is 3. The van der Waals surface area contributed by atoms with Gasteiger partial charge in [0.1, 0.15) is 11.7 Å². The van der Waals surface area contributed by atoms with Crippen LogP contribution in [0.1, 0.15) is 24.0 Å². The number of aryl methyl sites for hydroxylation is 1. The number of nitriles is 1. The summed E-state index contributed by atoms with van der Waals surface area (Å²) in [6, 6.07) is 6.30. The number of hydroxylamine groups is 2. The Morgan fingerprint density at radius 2 is 2.03 bits per heavy atom. The van der Waals surface area contributed by atoms with E-state index < -0.39 is 35.7 Å². The smallest absolute Gasteiger partial charge is 0.340 e. The van der Waals surface area contributed by atoms with Gasteiger partial charge in [-0.25, -0.2) is 9.59 Å². The first-order chi connectivity index (χ1) is 14.7. The van der Waals surface area contributed by atoms with Crippen LogP contribution in [0, 0.1) is 23.7 Å². The average molecular weight is 424 g/mol. The third kappa shape index (κ3) is 4.40. The van der Waals surface area contributed by atoms with Crippen molar-refractivity contribution in [3.8, 4) is 6.07 Å². The molecule has 0 bridgehead atoms. The maximum absolute atomic E-state index is 12.4. The van der Waals surface area contributed by atoms with Crippen molar-refractivity contribution in [1.29, 1.82) is 10.7 Å². The predicted octanol–water partition coefficient (Wildman–Crippen LogP) is 0.479. The number of hydrazone groups is 1. The number of fused-ring (bicyclic) bond motifs is 1. The van der Waals surface area contributed by atoms with Crippen molar-refractivity contribution in [2.75, 3.05) is 5.43 Å². The molecule has 1 aromatic carbocycles. The van der Waals surface area contributed by atoms with Crippen LogP contribution in [0.2, 0.25) is 0 Å². The molecule has 158 valence electrons. The Kier molecular flexibility index (Phi) is 5.78. The molecule has 0 spiro atoms. The van der Waals surface area contributed by atoms with Crippen LogP contribution in [0.25, 0.3) is 11.0 Å². The number of carbonyl (C=O) groups is 3. The third-order valence-electron chi connectivity index (χ3n) is 4.47. The van der Waals surface area contributed by atoms with Crippen molar-refractivity contribution in [2.45, 2.75) is 26.2 Å². The molecule has 1 fully saturated rings. The van der Waals surface area contributed by atoms with Crippen LogP contribution in [0.15, 0.2) is 32.5 Å². The minimum absolute atomic E-state index is 0.0265. The molecule has 1 aromatic heterocycles. The van der Waals surface area contributed by atoms with Gasteiger partial charge in [0.25, 0.3) is 11.8 Å². The van der Waals surface area contributed by atoms with Gasteiger partial charge in [-0.1, -0.05) is 0 Å². The summed E-state index contributed by atoms with van der Waals surface area (Å²) < 4.78 is 5.28. The van der Waals surface area contributed by atoms with E-state index in [0.29, 0.717) is 21.7 Å². The first-order valence-electron chi connectivity index (χ1n) is 8.92. The highest BCUT2D eigenvalue weighted by Crippen LogP contribution is 2.23. The molecule has 1 aliphatic heterocycles. The SMILES string of the molecule is Cc1c(CC(=O)ON2C(=O)CCC2=O)c(=O)oc2cc(N/N=C(\C#N)C(=N)N)ccc12. The standard InChI is InChI=1S/C19H16N6O6/c1-9-11-3-2-10(23-24-13(8-20)18(21)22)6-14(11)30-19(29)12(9)7-17(28)31-25-15(26)4-5-16(25)27/h2-3,6,23H,4-5,7H2,1H3,(H3,21,22)/b24-13+. The van der Waals surface area contributed by atoms with Gasteiger partial charge in [-0.3, -0.25) is 20.4 Å². The van der Waals surface area contributed by atoms with E-state index in [9.17, 15) is 19.2 Å². The first kappa shape index (κ1) is 21.2. The van der Waals surface area contributed by atoms with Crippen molar-refractivity contribution < 1.29 is 23.6 Å². The fourth-order valence-corrected chi connectivity index (χ4v) is 2.87. The van der Waals surface area contributed by atoms with Gasteiger partial charge in [-0.15, -0.1) is 5.06 Å². The van der Waals surface area contributed by atoms with Gasteiger partial charge < -0.3 is 15.0 Å². The molecule has 31 heavy (non-hydrogen) atoms. The van der Waals surface area contributed by atoms with Crippen molar-refractivity contribution in [2.24, 2.45) is 10.8 Å². The minimum atomic E-state index is -0.945. The highest BCUT2D eigenvalue weighted by molar-refractivity contribution is 6.45. The minimum Gasteiger partial charge on any atom is -0.422 e. The second kappa shape index (κ2) is 8.46. The normalized spacial score (nSPS) is 13.9. The Balaban J connectivity index is 1.84. The first-order valence-corrected chi connectivity index (χ1v) is 8.92. The molecule has 0 unspecified atom stereocenters. The molecule has 0 aliphatic carbocycles. The summed E-state index contributed by atoms with van der Waals surface area (Å²) in [7, 11) is 0. The van der Waals surface area contributed by atoms with Gasteiger partial charge in [0.05, 0.1) is 17.7 Å². The predicted molar refractivity (Wildman–Crippen MR) is 107 cm³/mol. The van der Waals surface area contributed by atoms with Crippen molar-refractivity contribution in [3.05, 3.63) is 39.7 Å². The van der Waals surface area contributed by atoms with Gasteiger partial charge in [0, 0.05) is 24.3 Å². The lowest BCUT2D eigenvalue weighted by Gasteiger charge is -2.13. The van der Waals surface area contributed by atoms with Gasteiger partial charge in [-0.05, 0) is 24.6 Å². The molecule has 4 N–H and O–H groups in total. The summed E-state index contributed by atoms with van der Waals surface area (Å²) in [6.45, 7) is 1.61. The number of nitrogens with one attached hydrogen (secondary N) is 2. The van der Waals surface area contributed by atoms with Gasteiger partial charge in [-0.2, -0.15) is 10.4 Å². The van der Waals surface area contributed by atoms with Gasteiger partial charge in [0.2, 0.25) is 5.71 Å². The van der Waals surface area contributed by atoms with Crippen LogP contribution in [0.4, 0.5) is 5.69 Å². The molecule has 1 aliphatic rings. The molecule has 12 nitrogen and oxygen atoms in total. The van der Waals surface area contributed by atoms with E-state index in [4.69, 9.17) is 25.7 Å². The number of hydrogen-bond donors (Lipinski definition) is 3. The summed E-state index contributed by atoms with van der Waals surface area (Å²) in [6.07, 6.45) is -0.562. The second-order valence-corrected chi connectivity index (χ2v) is 6.52. The van der Waals surface area contributed by atoms with Crippen LogP contribution < -0.4 is 16.8 Å². The largest absolute Gasteiger partial charge is 0.422 e. The number of amides is 2. The molecule has 2 aromatic rings. The van der Waals surface area contributed by atoms with Crippen LogP contribution in [0.5, 0.6) is 0 Å². The number of rotatable bonds is 6. The number of hydrogen-bond acceptors (Lipinski definition) is 10. The molecule has 0 saturated carbocycles. The number of nitrogens with two attached hydrogens (primary N) is 1. The number of benzene rings is 1. The molecular weight excluding hydrogens is 408 g/mol. The third-order valence-corrected chi connectivity index (χ3v) is 4.47. The number of amidine groups is 1. The lowest BCUT2D eigenvalue weighted by Crippen LogP contribution is -2.33. The second-order valence-electron chi connectivity index (χ2n) is 6.52. The molecule has 3 rings (SSSR count). The highest BCUT2D eigenvalue weighted by Gasteiger charge is 2.33. The quantitative estimate of drug-likeness (QED) is 0.194. The van der Waals surface area contributed by atoms with Gasteiger partial charge >= 0.3 is 11.6 Å². The lowest BCUT2D eigenvalue weighted by atomic mass is 10.0. The van der Waals surface area contributed by atoms with E-state index in [1.807, 2.05) is 0 Å². The van der Waals surface area contributed by atoms with Crippen LogP contribution in [0.3, 0.4) is 0 Å². The van der Waals surface area contributed by atoms with Gasteiger partial charge in [0.15, 0.2) is 5.84 Å². The zero-order valence-electron chi connectivity index (χ0n) is 16.2. The number of imide groups is 1. The van der Waals surface area contributed by atoms with E-state index >= 15 is 0 Å².